The molecule has 0 fully saturated rings. The molecule has 28 heavy (non-hydrogen) atoms. The fraction of sp³-hybridized carbons (Fsp3) is 0.158. The highest BCUT2D eigenvalue weighted by Crippen LogP contribution is 2.38. The first-order chi connectivity index (χ1) is 13.3. The van der Waals surface area contributed by atoms with Crippen molar-refractivity contribution in [2.24, 2.45) is 0 Å². The van der Waals surface area contributed by atoms with Gasteiger partial charge in [0.05, 0.1) is 11.3 Å². The number of hydrogen-bond acceptors (Lipinski definition) is 6. The minimum atomic E-state index is -4.63. The highest BCUT2D eigenvalue weighted by Gasteiger charge is 2.35. The summed E-state index contributed by atoms with van der Waals surface area (Å²) in [4.78, 5) is 16.1. The van der Waals surface area contributed by atoms with Gasteiger partial charge in [0.25, 0.3) is 0 Å². The summed E-state index contributed by atoms with van der Waals surface area (Å²) in [6, 6.07) is 9.14. The van der Waals surface area contributed by atoms with Crippen LogP contribution in [0.15, 0.2) is 63.9 Å². The minimum Gasteiger partial charge on any atom is -0.502 e. The van der Waals surface area contributed by atoms with Crippen molar-refractivity contribution in [1.82, 2.24) is 4.98 Å². The number of aliphatic hydroxyl groups is 1. The third-order valence-electron chi connectivity index (χ3n) is 3.93. The summed E-state index contributed by atoms with van der Waals surface area (Å²) >= 11 is 0. The molecule has 3 rings (SSSR count). The number of alkyl halides is 3. The number of nitrogens with zero attached hydrogens (tertiary/aromatic N) is 1. The van der Waals surface area contributed by atoms with Gasteiger partial charge in [-0.3, -0.25) is 9.78 Å². The molecule has 0 bridgehead atoms. The van der Waals surface area contributed by atoms with Crippen molar-refractivity contribution in [2.75, 3.05) is 5.32 Å². The Labute approximate surface area is 156 Å². The number of anilines is 1. The van der Waals surface area contributed by atoms with E-state index in [0.29, 0.717) is 0 Å². The average molecular weight is 392 g/mol. The van der Waals surface area contributed by atoms with E-state index in [-0.39, 0.29) is 22.9 Å². The first-order valence-corrected chi connectivity index (χ1v) is 8.11. The quantitative estimate of drug-likeness (QED) is 0.616. The molecule has 1 aromatic carbocycles. The lowest BCUT2D eigenvalue weighted by atomic mass is 10.1. The van der Waals surface area contributed by atoms with E-state index in [1.807, 2.05) is 0 Å². The summed E-state index contributed by atoms with van der Waals surface area (Å²) in [6.07, 6.45) is -3.22. The SMILES string of the molecule is O=c1cc(CO)oc(C(Nc2ccccc2C(F)(F)F)c2ccccn2)c1O. The summed E-state index contributed by atoms with van der Waals surface area (Å²) in [7, 11) is 0. The van der Waals surface area contributed by atoms with Gasteiger partial charge in [-0.05, 0) is 24.3 Å². The van der Waals surface area contributed by atoms with E-state index < -0.39 is 35.6 Å². The van der Waals surface area contributed by atoms with Crippen molar-refractivity contribution in [1.29, 1.82) is 0 Å². The summed E-state index contributed by atoms with van der Waals surface area (Å²) in [5.74, 6) is -1.29. The fourth-order valence-electron chi connectivity index (χ4n) is 2.66. The van der Waals surface area contributed by atoms with Crippen molar-refractivity contribution in [3.8, 4) is 5.75 Å². The normalized spacial score (nSPS) is 12.6. The number of hydrogen-bond donors (Lipinski definition) is 3. The zero-order valence-electron chi connectivity index (χ0n) is 14.3. The van der Waals surface area contributed by atoms with Crippen LogP contribution in [0.2, 0.25) is 0 Å². The van der Waals surface area contributed by atoms with E-state index in [4.69, 9.17) is 4.42 Å². The van der Waals surface area contributed by atoms with Gasteiger partial charge in [0.1, 0.15) is 18.4 Å². The molecule has 0 radical (unpaired) electrons. The second kappa shape index (κ2) is 7.73. The number of para-hydroxylation sites is 1. The Morgan fingerprint density at radius 2 is 1.86 bits per heavy atom. The van der Waals surface area contributed by atoms with Crippen LogP contribution in [0.25, 0.3) is 0 Å². The Morgan fingerprint density at radius 3 is 2.50 bits per heavy atom. The molecule has 9 heteroatoms. The smallest absolute Gasteiger partial charge is 0.418 e. The number of nitrogens with one attached hydrogen (secondary N) is 1. The van der Waals surface area contributed by atoms with E-state index in [2.05, 4.69) is 10.3 Å². The van der Waals surface area contributed by atoms with E-state index in [1.54, 1.807) is 12.1 Å². The lowest BCUT2D eigenvalue weighted by molar-refractivity contribution is -0.137. The molecule has 2 heterocycles. The van der Waals surface area contributed by atoms with E-state index >= 15 is 0 Å². The third kappa shape index (κ3) is 3.99. The van der Waals surface area contributed by atoms with Crippen molar-refractivity contribution < 1.29 is 27.8 Å². The van der Waals surface area contributed by atoms with Gasteiger partial charge < -0.3 is 19.9 Å². The largest absolute Gasteiger partial charge is 0.502 e. The first-order valence-electron chi connectivity index (χ1n) is 8.11. The molecule has 0 saturated carbocycles. The number of pyridine rings is 1. The van der Waals surface area contributed by atoms with Gasteiger partial charge in [0, 0.05) is 18.0 Å². The number of aliphatic hydroxyl groups excluding tert-OH is 1. The van der Waals surface area contributed by atoms with Gasteiger partial charge in [-0.25, -0.2) is 0 Å². The lowest BCUT2D eigenvalue weighted by Gasteiger charge is -2.22. The van der Waals surface area contributed by atoms with Crippen LogP contribution in [-0.2, 0) is 12.8 Å². The fourth-order valence-corrected chi connectivity index (χ4v) is 2.66. The van der Waals surface area contributed by atoms with E-state index in [1.165, 1.54) is 30.5 Å². The highest BCUT2D eigenvalue weighted by atomic mass is 19.4. The van der Waals surface area contributed by atoms with E-state index in [9.17, 15) is 28.2 Å². The van der Waals surface area contributed by atoms with Gasteiger partial charge in [-0.1, -0.05) is 18.2 Å². The monoisotopic (exact) mass is 392 g/mol. The maximum Gasteiger partial charge on any atom is 0.418 e. The molecule has 0 aliphatic carbocycles. The molecule has 0 amide bonds. The zero-order valence-corrected chi connectivity index (χ0v) is 14.3. The zero-order chi connectivity index (χ0) is 20.3. The number of benzene rings is 1. The van der Waals surface area contributed by atoms with Crippen LogP contribution < -0.4 is 10.7 Å². The molecule has 1 unspecified atom stereocenters. The Hall–Kier alpha value is -3.33. The Bertz CT molecular complexity index is 1020. The molecule has 2 aromatic heterocycles. The Kier molecular flexibility index (Phi) is 5.36. The molecule has 0 saturated heterocycles. The number of aromatic nitrogens is 1. The topological polar surface area (TPSA) is 95.6 Å². The van der Waals surface area contributed by atoms with Gasteiger partial charge in [-0.15, -0.1) is 0 Å². The van der Waals surface area contributed by atoms with E-state index in [0.717, 1.165) is 12.1 Å². The summed E-state index contributed by atoms with van der Waals surface area (Å²) in [6.45, 7) is -0.628. The molecule has 0 aliphatic heterocycles. The molecular formula is C19H15F3N2O4. The predicted octanol–water partition coefficient (Wildman–Crippen LogP) is 3.45. The number of aromatic hydroxyl groups is 1. The van der Waals surface area contributed by atoms with Crippen molar-refractivity contribution >= 4 is 5.69 Å². The van der Waals surface area contributed by atoms with Crippen LogP contribution in [0.4, 0.5) is 18.9 Å². The molecule has 0 aliphatic rings. The van der Waals surface area contributed by atoms with Gasteiger partial charge in [-0.2, -0.15) is 13.2 Å². The predicted molar refractivity (Wildman–Crippen MR) is 93.7 cm³/mol. The standard InChI is InChI=1S/C19H15F3N2O4/c20-19(21,22)12-5-1-2-6-13(12)24-16(14-7-3-4-8-23-14)18-17(27)15(26)9-11(10-25)28-18/h1-9,16,24-25,27H,10H2. The number of rotatable bonds is 5. The maximum atomic E-state index is 13.4. The Balaban J connectivity index is 2.17. The van der Waals surface area contributed by atoms with Crippen molar-refractivity contribution in [3.05, 3.63) is 87.7 Å². The van der Waals surface area contributed by atoms with Crippen LogP contribution in [0.1, 0.15) is 28.8 Å². The molecule has 146 valence electrons. The van der Waals surface area contributed by atoms with Crippen molar-refractivity contribution in [3.63, 3.8) is 0 Å². The summed E-state index contributed by atoms with van der Waals surface area (Å²) in [5, 5.41) is 22.1. The first kappa shape index (κ1) is 19.4. The molecular weight excluding hydrogens is 377 g/mol. The highest BCUT2D eigenvalue weighted by molar-refractivity contribution is 5.55. The Morgan fingerprint density at radius 1 is 1.14 bits per heavy atom. The number of halogens is 3. The molecule has 3 N–H and O–H groups in total. The van der Waals surface area contributed by atoms with Crippen LogP contribution in [-0.4, -0.2) is 15.2 Å². The molecule has 3 aromatic rings. The summed E-state index contributed by atoms with van der Waals surface area (Å²) < 4.78 is 45.4. The van der Waals surface area contributed by atoms with Crippen LogP contribution in [0.5, 0.6) is 5.75 Å². The van der Waals surface area contributed by atoms with Gasteiger partial charge in [0.15, 0.2) is 5.76 Å². The van der Waals surface area contributed by atoms with Crippen LogP contribution >= 0.6 is 0 Å². The second-order valence-corrected chi connectivity index (χ2v) is 5.82. The lowest BCUT2D eigenvalue weighted by Crippen LogP contribution is -2.19. The second-order valence-electron chi connectivity index (χ2n) is 5.82. The van der Waals surface area contributed by atoms with Crippen LogP contribution in [0, 0.1) is 0 Å². The van der Waals surface area contributed by atoms with Gasteiger partial charge >= 0.3 is 6.18 Å². The molecule has 1 atom stereocenters. The molecule has 6 nitrogen and oxygen atoms in total. The third-order valence-corrected chi connectivity index (χ3v) is 3.93. The summed E-state index contributed by atoms with van der Waals surface area (Å²) in [5.41, 5.74) is -1.86. The maximum absolute atomic E-state index is 13.4. The molecule has 0 spiro atoms. The minimum absolute atomic E-state index is 0.148. The van der Waals surface area contributed by atoms with Crippen molar-refractivity contribution in [2.45, 2.75) is 18.8 Å². The average Bonchev–Trinajstić information content (AvgIpc) is 2.68. The van der Waals surface area contributed by atoms with Gasteiger partial charge in [0.2, 0.25) is 11.2 Å². The van der Waals surface area contributed by atoms with Crippen LogP contribution in [0.3, 0.4) is 0 Å².